The van der Waals surface area contributed by atoms with Crippen LogP contribution >= 0.6 is 15.9 Å². The van der Waals surface area contributed by atoms with Gasteiger partial charge in [0.05, 0.1) is 6.61 Å². The summed E-state index contributed by atoms with van der Waals surface area (Å²) in [4.78, 5) is 7.75. The van der Waals surface area contributed by atoms with Gasteiger partial charge < -0.3 is 15.2 Å². The number of methoxy groups -OCH3 is 1. The van der Waals surface area contributed by atoms with Crippen LogP contribution in [0.4, 0.5) is 5.82 Å². The predicted octanol–water partition coefficient (Wildman–Crippen LogP) is 1.24. The fourth-order valence-electron chi connectivity index (χ4n) is 0.908. The van der Waals surface area contributed by atoms with E-state index in [1.165, 1.54) is 6.33 Å². The second kappa shape index (κ2) is 5.11. The van der Waals surface area contributed by atoms with Crippen molar-refractivity contribution in [3.63, 3.8) is 0 Å². The summed E-state index contributed by atoms with van der Waals surface area (Å²) in [6.07, 6.45) is 1.28. The summed E-state index contributed by atoms with van der Waals surface area (Å²) in [7, 11) is 1.61. The van der Waals surface area contributed by atoms with Gasteiger partial charge in [-0.05, 0) is 22.9 Å². The highest BCUT2D eigenvalue weighted by molar-refractivity contribution is 9.10. The molecule has 14 heavy (non-hydrogen) atoms. The topological polar surface area (TPSA) is 70.3 Å². The van der Waals surface area contributed by atoms with Crippen molar-refractivity contribution in [2.24, 2.45) is 0 Å². The highest BCUT2D eigenvalue weighted by Crippen LogP contribution is 2.26. The normalized spacial score (nSPS) is 12.5. The van der Waals surface area contributed by atoms with Gasteiger partial charge in [-0.2, -0.15) is 0 Å². The van der Waals surface area contributed by atoms with E-state index in [0.717, 1.165) is 0 Å². The number of halogens is 1. The van der Waals surface area contributed by atoms with E-state index in [0.29, 0.717) is 22.8 Å². The fourth-order valence-corrected chi connectivity index (χ4v) is 1.21. The minimum Gasteiger partial charge on any atom is -0.471 e. The maximum absolute atomic E-state index is 5.56. The van der Waals surface area contributed by atoms with Gasteiger partial charge in [-0.25, -0.2) is 9.97 Å². The van der Waals surface area contributed by atoms with Gasteiger partial charge in [-0.3, -0.25) is 0 Å². The zero-order chi connectivity index (χ0) is 10.6. The molecule has 78 valence electrons. The molecule has 0 saturated carbocycles. The zero-order valence-electron chi connectivity index (χ0n) is 8.03. The van der Waals surface area contributed by atoms with E-state index < -0.39 is 0 Å². The largest absolute Gasteiger partial charge is 0.471 e. The van der Waals surface area contributed by atoms with E-state index in [4.69, 9.17) is 15.2 Å². The number of rotatable bonds is 4. The van der Waals surface area contributed by atoms with Crippen LogP contribution < -0.4 is 10.5 Å². The summed E-state index contributed by atoms with van der Waals surface area (Å²) in [5.74, 6) is 0.793. The molecule has 1 atom stereocenters. The summed E-state index contributed by atoms with van der Waals surface area (Å²) in [5.41, 5.74) is 5.56. The molecule has 1 heterocycles. The van der Waals surface area contributed by atoms with Crippen molar-refractivity contribution >= 4 is 21.7 Å². The first-order valence-corrected chi connectivity index (χ1v) is 4.86. The van der Waals surface area contributed by atoms with Crippen molar-refractivity contribution in [1.82, 2.24) is 9.97 Å². The number of anilines is 1. The third kappa shape index (κ3) is 2.81. The van der Waals surface area contributed by atoms with Gasteiger partial charge >= 0.3 is 0 Å². The predicted molar refractivity (Wildman–Crippen MR) is 56.1 cm³/mol. The van der Waals surface area contributed by atoms with Crippen LogP contribution in [0.1, 0.15) is 6.92 Å². The molecular weight excluding hydrogens is 250 g/mol. The average molecular weight is 262 g/mol. The Morgan fingerprint density at radius 3 is 2.93 bits per heavy atom. The van der Waals surface area contributed by atoms with Gasteiger partial charge in [0.25, 0.3) is 0 Å². The molecule has 1 unspecified atom stereocenters. The molecule has 1 aromatic heterocycles. The van der Waals surface area contributed by atoms with Crippen LogP contribution in [0, 0.1) is 0 Å². The molecule has 2 N–H and O–H groups in total. The van der Waals surface area contributed by atoms with Crippen LogP contribution in [0.25, 0.3) is 0 Å². The van der Waals surface area contributed by atoms with Gasteiger partial charge in [-0.1, -0.05) is 0 Å². The molecule has 1 rings (SSSR count). The summed E-state index contributed by atoms with van der Waals surface area (Å²) in [6.45, 7) is 2.38. The first-order valence-electron chi connectivity index (χ1n) is 4.06. The van der Waals surface area contributed by atoms with Crippen LogP contribution in [0.15, 0.2) is 10.8 Å². The van der Waals surface area contributed by atoms with Gasteiger partial charge in [-0.15, -0.1) is 0 Å². The SMILES string of the molecule is COCC(C)Oc1ncnc(N)c1Br. The van der Waals surface area contributed by atoms with Crippen LogP contribution in [0.5, 0.6) is 5.88 Å². The number of nitrogens with zero attached hydrogens (tertiary/aromatic N) is 2. The molecule has 1 aromatic rings. The lowest BCUT2D eigenvalue weighted by Gasteiger charge is -2.13. The molecular formula is C8H12BrN3O2. The summed E-state index contributed by atoms with van der Waals surface area (Å²) in [5, 5.41) is 0. The molecule has 5 nitrogen and oxygen atoms in total. The van der Waals surface area contributed by atoms with Crippen molar-refractivity contribution in [3.8, 4) is 5.88 Å². The first-order chi connectivity index (χ1) is 6.65. The average Bonchev–Trinajstić information content (AvgIpc) is 2.13. The van der Waals surface area contributed by atoms with Crippen molar-refractivity contribution in [3.05, 3.63) is 10.8 Å². The van der Waals surface area contributed by atoms with Crippen LogP contribution in [-0.4, -0.2) is 29.8 Å². The molecule has 0 radical (unpaired) electrons. The maximum atomic E-state index is 5.56. The maximum Gasteiger partial charge on any atom is 0.233 e. The minimum atomic E-state index is -0.0781. The van der Waals surface area contributed by atoms with Gasteiger partial charge in [0, 0.05) is 7.11 Å². The lowest BCUT2D eigenvalue weighted by Crippen LogP contribution is -2.19. The molecule has 0 aromatic carbocycles. The molecule has 0 bridgehead atoms. The molecule has 0 fully saturated rings. The standard InChI is InChI=1S/C8H12BrN3O2/c1-5(3-13-2)14-8-6(9)7(10)11-4-12-8/h4-5H,3H2,1-2H3,(H2,10,11,12). The van der Waals surface area contributed by atoms with Crippen molar-refractivity contribution < 1.29 is 9.47 Å². The van der Waals surface area contributed by atoms with Crippen LogP contribution in [0.2, 0.25) is 0 Å². The molecule has 0 aliphatic rings. The Morgan fingerprint density at radius 1 is 1.57 bits per heavy atom. The number of nitrogen functional groups attached to an aromatic ring is 1. The number of hydrogen-bond acceptors (Lipinski definition) is 5. The molecule has 0 spiro atoms. The smallest absolute Gasteiger partial charge is 0.233 e. The Balaban J connectivity index is 2.71. The Hall–Kier alpha value is -0.880. The molecule has 6 heteroatoms. The van der Waals surface area contributed by atoms with E-state index in [2.05, 4.69) is 25.9 Å². The minimum absolute atomic E-state index is 0.0781. The zero-order valence-corrected chi connectivity index (χ0v) is 9.61. The number of ether oxygens (including phenoxy) is 2. The number of nitrogens with two attached hydrogens (primary N) is 1. The Bertz CT molecular complexity index is 309. The lowest BCUT2D eigenvalue weighted by atomic mass is 10.4. The van der Waals surface area contributed by atoms with E-state index in [1.807, 2.05) is 6.92 Å². The highest BCUT2D eigenvalue weighted by atomic mass is 79.9. The second-order valence-electron chi connectivity index (χ2n) is 2.76. The summed E-state index contributed by atoms with van der Waals surface area (Å²) in [6, 6.07) is 0. The Labute approximate surface area is 90.8 Å². The van der Waals surface area contributed by atoms with Crippen molar-refractivity contribution in [1.29, 1.82) is 0 Å². The fraction of sp³-hybridized carbons (Fsp3) is 0.500. The number of aromatic nitrogens is 2. The molecule has 0 amide bonds. The number of hydrogen-bond donors (Lipinski definition) is 1. The first kappa shape index (κ1) is 11.2. The van der Waals surface area contributed by atoms with E-state index in [-0.39, 0.29) is 6.10 Å². The second-order valence-corrected chi connectivity index (χ2v) is 3.55. The lowest BCUT2D eigenvalue weighted by molar-refractivity contribution is 0.0884. The van der Waals surface area contributed by atoms with E-state index in [9.17, 15) is 0 Å². The third-order valence-electron chi connectivity index (χ3n) is 1.50. The van der Waals surface area contributed by atoms with Gasteiger partial charge in [0.2, 0.25) is 5.88 Å². The highest BCUT2D eigenvalue weighted by Gasteiger charge is 2.10. The van der Waals surface area contributed by atoms with Crippen molar-refractivity contribution in [2.45, 2.75) is 13.0 Å². The van der Waals surface area contributed by atoms with Crippen LogP contribution in [-0.2, 0) is 4.74 Å². The molecule has 0 saturated heterocycles. The van der Waals surface area contributed by atoms with E-state index >= 15 is 0 Å². The Kier molecular flexibility index (Phi) is 4.09. The van der Waals surface area contributed by atoms with E-state index in [1.54, 1.807) is 7.11 Å². The molecule has 0 aliphatic carbocycles. The monoisotopic (exact) mass is 261 g/mol. The van der Waals surface area contributed by atoms with Gasteiger partial charge in [0.15, 0.2) is 0 Å². The third-order valence-corrected chi connectivity index (χ3v) is 2.24. The summed E-state index contributed by atoms with van der Waals surface area (Å²) >= 11 is 3.24. The van der Waals surface area contributed by atoms with Crippen LogP contribution in [0.3, 0.4) is 0 Å². The van der Waals surface area contributed by atoms with Gasteiger partial charge in [0.1, 0.15) is 22.7 Å². The molecule has 0 aliphatic heterocycles. The quantitative estimate of drug-likeness (QED) is 0.883. The van der Waals surface area contributed by atoms with Crippen molar-refractivity contribution in [2.75, 3.05) is 19.5 Å². The summed E-state index contributed by atoms with van der Waals surface area (Å²) < 4.78 is 11.0. The Morgan fingerprint density at radius 2 is 2.29 bits per heavy atom.